The molecule has 6 heteroatoms. The monoisotopic (exact) mass is 380 g/mol. The molecule has 0 saturated carbocycles. The lowest BCUT2D eigenvalue weighted by molar-refractivity contribution is 0.270. The van der Waals surface area contributed by atoms with E-state index < -0.39 is 0 Å². The second-order valence-corrected chi connectivity index (χ2v) is 6.05. The molecule has 1 aliphatic rings. The first-order valence-corrected chi connectivity index (χ1v) is 6.93. The van der Waals surface area contributed by atoms with E-state index in [-0.39, 0.29) is 24.0 Å². The van der Waals surface area contributed by atoms with E-state index in [4.69, 9.17) is 5.73 Å². The maximum atomic E-state index is 6.02. The third-order valence-electron chi connectivity index (χ3n) is 3.03. The molecule has 1 atom stereocenters. The number of thiazole rings is 1. The molecule has 18 heavy (non-hydrogen) atoms. The third-order valence-corrected chi connectivity index (χ3v) is 3.92. The highest BCUT2D eigenvalue weighted by Gasteiger charge is 2.17. The number of rotatable bonds is 2. The Morgan fingerprint density at radius 2 is 2.44 bits per heavy atom. The van der Waals surface area contributed by atoms with Gasteiger partial charge in [0.05, 0.1) is 6.54 Å². The molecule has 0 aromatic carbocycles. The lowest BCUT2D eigenvalue weighted by atomic mass is 10.0. The quantitative estimate of drug-likeness (QED) is 0.488. The normalized spacial score (nSPS) is 20.7. The summed E-state index contributed by atoms with van der Waals surface area (Å²) >= 11 is 1.68. The van der Waals surface area contributed by atoms with Gasteiger partial charge in [-0.1, -0.05) is 6.92 Å². The van der Waals surface area contributed by atoms with Gasteiger partial charge in [0.2, 0.25) is 0 Å². The van der Waals surface area contributed by atoms with Gasteiger partial charge in [-0.2, -0.15) is 0 Å². The fraction of sp³-hybridized carbons (Fsp3) is 0.667. The number of aromatic nitrogens is 1. The van der Waals surface area contributed by atoms with Crippen molar-refractivity contribution < 1.29 is 0 Å². The van der Waals surface area contributed by atoms with Gasteiger partial charge in [0, 0.05) is 24.2 Å². The standard InChI is InChI=1S/C12H20N4S.HI/c1-9-4-3-5-16(8-9)12(13)15-7-11-14-6-10(2)17-11;/h6,9H,3-5,7-8H2,1-2H3,(H2,13,15);1H. The first kappa shape index (κ1) is 15.7. The van der Waals surface area contributed by atoms with E-state index in [9.17, 15) is 0 Å². The van der Waals surface area contributed by atoms with Crippen molar-refractivity contribution in [2.24, 2.45) is 16.6 Å². The summed E-state index contributed by atoms with van der Waals surface area (Å²) in [4.78, 5) is 12.1. The van der Waals surface area contributed by atoms with E-state index in [1.54, 1.807) is 11.3 Å². The molecule has 1 saturated heterocycles. The highest BCUT2D eigenvalue weighted by molar-refractivity contribution is 14.0. The molecule has 0 bridgehead atoms. The van der Waals surface area contributed by atoms with Crippen molar-refractivity contribution in [3.8, 4) is 0 Å². The molecule has 1 aromatic rings. The topological polar surface area (TPSA) is 54.5 Å². The Balaban J connectivity index is 0.00000162. The van der Waals surface area contributed by atoms with Crippen molar-refractivity contribution in [1.29, 1.82) is 0 Å². The molecule has 1 unspecified atom stereocenters. The Morgan fingerprint density at radius 3 is 3.06 bits per heavy atom. The fourth-order valence-corrected chi connectivity index (χ4v) is 2.83. The van der Waals surface area contributed by atoms with Gasteiger partial charge in [0.25, 0.3) is 0 Å². The Hall–Kier alpha value is -0.370. The molecule has 2 N–H and O–H groups in total. The van der Waals surface area contributed by atoms with E-state index in [0.29, 0.717) is 12.5 Å². The van der Waals surface area contributed by atoms with E-state index in [0.717, 1.165) is 24.0 Å². The van der Waals surface area contributed by atoms with Gasteiger partial charge in [-0.3, -0.25) is 0 Å². The first-order chi connectivity index (χ1) is 8.15. The molecule has 2 rings (SSSR count). The summed E-state index contributed by atoms with van der Waals surface area (Å²) in [7, 11) is 0. The molecule has 4 nitrogen and oxygen atoms in total. The largest absolute Gasteiger partial charge is 0.370 e. The second-order valence-electron chi connectivity index (χ2n) is 4.73. The first-order valence-electron chi connectivity index (χ1n) is 6.11. The van der Waals surface area contributed by atoms with Gasteiger partial charge in [0.1, 0.15) is 5.01 Å². The molecule has 0 spiro atoms. The van der Waals surface area contributed by atoms with Gasteiger partial charge in [-0.25, -0.2) is 9.98 Å². The van der Waals surface area contributed by atoms with Crippen LogP contribution in [0.2, 0.25) is 0 Å². The van der Waals surface area contributed by atoms with Crippen LogP contribution in [0.4, 0.5) is 0 Å². The predicted molar refractivity (Wildman–Crippen MR) is 87.6 cm³/mol. The highest BCUT2D eigenvalue weighted by atomic mass is 127. The Kier molecular flexibility index (Phi) is 6.34. The fourth-order valence-electron chi connectivity index (χ4n) is 2.12. The van der Waals surface area contributed by atoms with Crippen LogP contribution in [0, 0.1) is 12.8 Å². The van der Waals surface area contributed by atoms with Crippen LogP contribution < -0.4 is 5.73 Å². The SMILES string of the molecule is Cc1cnc(CN=C(N)N2CCCC(C)C2)s1.I. The summed E-state index contributed by atoms with van der Waals surface area (Å²) in [6, 6.07) is 0. The van der Waals surface area contributed by atoms with E-state index in [2.05, 4.69) is 28.7 Å². The Morgan fingerprint density at radius 1 is 1.67 bits per heavy atom. The molecule has 0 aliphatic carbocycles. The zero-order valence-electron chi connectivity index (χ0n) is 10.9. The van der Waals surface area contributed by atoms with Crippen LogP contribution in [0.15, 0.2) is 11.2 Å². The van der Waals surface area contributed by atoms with Gasteiger partial charge in [-0.15, -0.1) is 35.3 Å². The zero-order chi connectivity index (χ0) is 12.3. The number of guanidine groups is 1. The van der Waals surface area contributed by atoms with Gasteiger partial charge >= 0.3 is 0 Å². The lowest BCUT2D eigenvalue weighted by Crippen LogP contribution is -2.43. The number of piperidine rings is 1. The molecule has 1 aliphatic heterocycles. The number of halogens is 1. The maximum Gasteiger partial charge on any atom is 0.191 e. The highest BCUT2D eigenvalue weighted by Crippen LogP contribution is 2.16. The number of hydrogen-bond acceptors (Lipinski definition) is 3. The van der Waals surface area contributed by atoms with Crippen LogP contribution in [-0.4, -0.2) is 28.9 Å². The summed E-state index contributed by atoms with van der Waals surface area (Å²) in [6.07, 6.45) is 4.40. The van der Waals surface area contributed by atoms with Crippen molar-refractivity contribution >= 4 is 41.3 Å². The summed E-state index contributed by atoms with van der Waals surface area (Å²) in [5, 5.41) is 1.04. The van der Waals surface area contributed by atoms with E-state index >= 15 is 0 Å². The summed E-state index contributed by atoms with van der Waals surface area (Å²) in [5.74, 6) is 1.39. The third kappa shape index (κ3) is 4.38. The van der Waals surface area contributed by atoms with Gasteiger partial charge in [0.15, 0.2) is 5.96 Å². The predicted octanol–water partition coefficient (Wildman–Crippen LogP) is 2.62. The van der Waals surface area contributed by atoms with Crippen LogP contribution >= 0.6 is 35.3 Å². The molecule has 0 amide bonds. The molecule has 2 heterocycles. The summed E-state index contributed by atoms with van der Waals surface area (Å²) < 4.78 is 0. The average Bonchev–Trinajstić information content (AvgIpc) is 2.72. The van der Waals surface area contributed by atoms with Crippen LogP contribution in [0.5, 0.6) is 0 Å². The van der Waals surface area contributed by atoms with E-state index in [1.165, 1.54) is 17.7 Å². The molecule has 1 fully saturated rings. The minimum absolute atomic E-state index is 0. The van der Waals surface area contributed by atoms with Crippen LogP contribution in [0.1, 0.15) is 29.7 Å². The smallest absolute Gasteiger partial charge is 0.191 e. The van der Waals surface area contributed by atoms with Crippen molar-refractivity contribution in [2.75, 3.05) is 13.1 Å². The molecular formula is C12H21IN4S. The van der Waals surface area contributed by atoms with E-state index in [1.807, 2.05) is 6.20 Å². The van der Waals surface area contributed by atoms with Gasteiger partial charge in [-0.05, 0) is 25.7 Å². The molecule has 102 valence electrons. The number of likely N-dealkylation sites (tertiary alicyclic amines) is 1. The van der Waals surface area contributed by atoms with Crippen LogP contribution in [0.25, 0.3) is 0 Å². The number of aryl methyl sites for hydroxylation is 1. The molecule has 0 radical (unpaired) electrons. The minimum Gasteiger partial charge on any atom is -0.370 e. The van der Waals surface area contributed by atoms with Crippen molar-refractivity contribution in [1.82, 2.24) is 9.88 Å². The maximum absolute atomic E-state index is 6.02. The lowest BCUT2D eigenvalue weighted by Gasteiger charge is -2.31. The Labute approximate surface area is 130 Å². The van der Waals surface area contributed by atoms with Crippen LogP contribution in [-0.2, 0) is 6.54 Å². The average molecular weight is 380 g/mol. The van der Waals surface area contributed by atoms with Crippen molar-refractivity contribution in [2.45, 2.75) is 33.2 Å². The molecular weight excluding hydrogens is 359 g/mol. The molecule has 1 aromatic heterocycles. The Bertz CT molecular complexity index is 405. The number of nitrogens with two attached hydrogens (primary N) is 1. The van der Waals surface area contributed by atoms with Crippen LogP contribution in [0.3, 0.4) is 0 Å². The van der Waals surface area contributed by atoms with Crippen molar-refractivity contribution in [3.63, 3.8) is 0 Å². The number of aliphatic imine (C=N–C) groups is 1. The minimum atomic E-state index is 0. The second kappa shape index (κ2) is 7.28. The number of nitrogens with zero attached hydrogens (tertiary/aromatic N) is 3. The van der Waals surface area contributed by atoms with Crippen molar-refractivity contribution in [3.05, 3.63) is 16.1 Å². The van der Waals surface area contributed by atoms with Gasteiger partial charge < -0.3 is 10.6 Å². The zero-order valence-corrected chi connectivity index (χ0v) is 14.1. The summed E-state index contributed by atoms with van der Waals surface area (Å²) in [6.45, 7) is 7.00. The summed E-state index contributed by atoms with van der Waals surface area (Å²) in [5.41, 5.74) is 6.02. The number of hydrogen-bond donors (Lipinski definition) is 1.